The summed E-state index contributed by atoms with van der Waals surface area (Å²) in [6.45, 7) is 0. The number of hydrogen-bond acceptors (Lipinski definition) is 1. The fraction of sp³-hybridized carbons (Fsp3) is 0. The normalized spacial score (nSPS) is 10.4. The lowest BCUT2D eigenvalue weighted by Crippen LogP contribution is -1.66. The Labute approximate surface area is 57.3 Å². The third-order valence-corrected chi connectivity index (χ3v) is 1.41. The minimum Gasteiger partial charge on any atom is -0.290 e. The maximum Gasteiger partial charge on any atom is 0.180 e. The molecule has 0 bridgehead atoms. The molecule has 0 saturated carbocycles. The molecule has 0 fully saturated rings. The molecule has 0 unspecified atom stereocenters. The van der Waals surface area contributed by atoms with Crippen LogP contribution < -0.4 is 0 Å². The summed E-state index contributed by atoms with van der Waals surface area (Å²) in [7, 11) is 0. The number of H-pyrrole nitrogens is 1. The minimum atomic E-state index is 0.0109. The van der Waals surface area contributed by atoms with Crippen LogP contribution in [0.3, 0.4) is 0 Å². The molecule has 0 spiro atoms. The molecule has 3 heteroatoms. The van der Waals surface area contributed by atoms with Gasteiger partial charge in [-0.1, -0.05) is 0 Å². The number of nitrogens with zero attached hydrogens (tertiary/aromatic N) is 1. The van der Waals surface area contributed by atoms with Crippen molar-refractivity contribution in [3.05, 3.63) is 24.4 Å². The molecule has 0 aliphatic carbocycles. The summed E-state index contributed by atoms with van der Waals surface area (Å²) < 4.78 is 0. The summed E-state index contributed by atoms with van der Waals surface area (Å²) in [5.74, 6) is 0.0109. The quantitative estimate of drug-likeness (QED) is 0.584. The zero-order valence-corrected chi connectivity index (χ0v) is 5.16. The first kappa shape index (κ1) is 5.29. The highest BCUT2D eigenvalue weighted by Gasteiger charge is 1.95. The monoisotopic (exact) mass is 133 g/mol. The standard InChI is InChI=1S/C7H5N2O/c10-6-2-1-5-4-8-9-7(5)3-6/h1-4H,(H,8,9). The van der Waals surface area contributed by atoms with Crippen LogP contribution in [0.2, 0.25) is 0 Å². The molecule has 1 radical (unpaired) electrons. The highest BCUT2D eigenvalue weighted by molar-refractivity contribution is 5.78. The number of rotatable bonds is 0. The Morgan fingerprint density at radius 3 is 3.20 bits per heavy atom. The highest BCUT2D eigenvalue weighted by atomic mass is 16.3. The molecule has 2 aromatic rings. The number of nitrogens with one attached hydrogen (secondary N) is 1. The first-order valence-corrected chi connectivity index (χ1v) is 2.96. The van der Waals surface area contributed by atoms with Crippen molar-refractivity contribution < 1.29 is 5.11 Å². The van der Waals surface area contributed by atoms with E-state index in [1.165, 1.54) is 12.1 Å². The Morgan fingerprint density at radius 2 is 2.30 bits per heavy atom. The molecule has 0 atom stereocenters. The van der Waals surface area contributed by atoms with Crippen molar-refractivity contribution in [2.75, 3.05) is 0 Å². The first-order valence-electron chi connectivity index (χ1n) is 2.96. The molecule has 3 nitrogen and oxygen atoms in total. The zero-order chi connectivity index (χ0) is 6.97. The Hall–Kier alpha value is -1.51. The van der Waals surface area contributed by atoms with Crippen LogP contribution in [0, 0.1) is 0 Å². The van der Waals surface area contributed by atoms with Crippen molar-refractivity contribution >= 4 is 10.9 Å². The number of aromatic amines is 1. The topological polar surface area (TPSA) is 48.6 Å². The van der Waals surface area contributed by atoms with Crippen molar-refractivity contribution in [1.29, 1.82) is 0 Å². The van der Waals surface area contributed by atoms with Crippen LogP contribution in [0.1, 0.15) is 0 Å². The van der Waals surface area contributed by atoms with Crippen LogP contribution in [0.5, 0.6) is 5.75 Å². The van der Waals surface area contributed by atoms with Crippen LogP contribution >= 0.6 is 0 Å². The van der Waals surface area contributed by atoms with Gasteiger partial charge < -0.3 is 0 Å². The van der Waals surface area contributed by atoms with E-state index in [-0.39, 0.29) is 5.75 Å². The van der Waals surface area contributed by atoms with Crippen molar-refractivity contribution in [1.82, 2.24) is 10.2 Å². The molecule has 1 aromatic heterocycles. The van der Waals surface area contributed by atoms with Gasteiger partial charge in [0, 0.05) is 11.5 Å². The minimum absolute atomic E-state index is 0.0109. The highest BCUT2D eigenvalue weighted by Crippen LogP contribution is 2.16. The van der Waals surface area contributed by atoms with E-state index < -0.39 is 0 Å². The summed E-state index contributed by atoms with van der Waals surface area (Å²) in [4.78, 5) is 0. The molecule has 0 aliphatic heterocycles. The molecule has 10 heavy (non-hydrogen) atoms. The number of hydrogen-bond donors (Lipinski definition) is 1. The van der Waals surface area contributed by atoms with Gasteiger partial charge in [-0.2, -0.15) is 5.10 Å². The van der Waals surface area contributed by atoms with E-state index in [1.807, 2.05) is 0 Å². The maximum absolute atomic E-state index is 10.7. The number of benzene rings is 1. The predicted octanol–water partition coefficient (Wildman–Crippen LogP) is 1.71. The smallest absolute Gasteiger partial charge is 0.180 e. The van der Waals surface area contributed by atoms with E-state index in [2.05, 4.69) is 10.2 Å². The van der Waals surface area contributed by atoms with Gasteiger partial charge in [0.15, 0.2) is 5.75 Å². The summed E-state index contributed by atoms with van der Waals surface area (Å²) in [6.07, 6.45) is 1.69. The molecule has 1 heterocycles. The molecule has 1 N–H and O–H groups in total. The van der Waals surface area contributed by atoms with E-state index >= 15 is 0 Å². The van der Waals surface area contributed by atoms with Crippen LogP contribution in [0.25, 0.3) is 10.9 Å². The summed E-state index contributed by atoms with van der Waals surface area (Å²) in [5, 5.41) is 18.2. The van der Waals surface area contributed by atoms with Gasteiger partial charge in [-0.25, -0.2) is 0 Å². The van der Waals surface area contributed by atoms with E-state index in [9.17, 15) is 5.11 Å². The predicted molar refractivity (Wildman–Crippen MR) is 36.2 cm³/mol. The van der Waals surface area contributed by atoms with Gasteiger partial charge in [-0.05, 0) is 12.1 Å². The molecule has 2 rings (SSSR count). The Bertz CT molecular complexity index is 353. The molecule has 0 aliphatic rings. The van der Waals surface area contributed by atoms with Crippen LogP contribution in [0.4, 0.5) is 0 Å². The van der Waals surface area contributed by atoms with Gasteiger partial charge in [-0.3, -0.25) is 10.2 Å². The molecular weight excluding hydrogens is 128 g/mol. The van der Waals surface area contributed by atoms with E-state index in [4.69, 9.17) is 0 Å². The lowest BCUT2D eigenvalue weighted by atomic mass is 10.2. The number of fused-ring (bicyclic) bond motifs is 1. The Kier molecular flexibility index (Phi) is 0.917. The fourth-order valence-corrected chi connectivity index (χ4v) is 0.916. The maximum atomic E-state index is 10.7. The third-order valence-electron chi connectivity index (χ3n) is 1.41. The average Bonchev–Trinajstić information content (AvgIpc) is 2.33. The van der Waals surface area contributed by atoms with E-state index in [0.29, 0.717) is 0 Å². The first-order chi connectivity index (χ1) is 4.86. The van der Waals surface area contributed by atoms with E-state index in [1.54, 1.807) is 12.3 Å². The van der Waals surface area contributed by atoms with Gasteiger partial charge in [0.1, 0.15) is 0 Å². The fourth-order valence-electron chi connectivity index (χ4n) is 0.916. The van der Waals surface area contributed by atoms with Gasteiger partial charge in [0.05, 0.1) is 11.7 Å². The number of aromatic nitrogens is 2. The molecule has 49 valence electrons. The van der Waals surface area contributed by atoms with Crippen molar-refractivity contribution in [2.45, 2.75) is 0 Å². The van der Waals surface area contributed by atoms with Gasteiger partial charge in [-0.15, -0.1) is 0 Å². The summed E-state index contributed by atoms with van der Waals surface area (Å²) >= 11 is 0. The summed E-state index contributed by atoms with van der Waals surface area (Å²) in [6, 6.07) is 4.81. The average molecular weight is 133 g/mol. The second-order valence-electron chi connectivity index (χ2n) is 2.12. The van der Waals surface area contributed by atoms with E-state index in [0.717, 1.165) is 10.9 Å². The van der Waals surface area contributed by atoms with Crippen LogP contribution in [-0.4, -0.2) is 10.2 Å². The second kappa shape index (κ2) is 1.73. The third kappa shape index (κ3) is 0.639. The Morgan fingerprint density at radius 1 is 1.40 bits per heavy atom. The summed E-state index contributed by atoms with van der Waals surface area (Å²) in [5.41, 5.74) is 0.799. The largest absolute Gasteiger partial charge is 0.290 e. The van der Waals surface area contributed by atoms with Gasteiger partial charge in [0.2, 0.25) is 0 Å². The SMILES string of the molecule is [O]c1ccc2cn[nH]c2c1. The van der Waals surface area contributed by atoms with Gasteiger partial charge in [0.25, 0.3) is 0 Å². The van der Waals surface area contributed by atoms with Crippen molar-refractivity contribution in [2.24, 2.45) is 0 Å². The van der Waals surface area contributed by atoms with Crippen molar-refractivity contribution in [3.63, 3.8) is 0 Å². The van der Waals surface area contributed by atoms with Crippen molar-refractivity contribution in [3.8, 4) is 5.75 Å². The zero-order valence-electron chi connectivity index (χ0n) is 5.16. The molecule has 0 amide bonds. The molecule has 0 saturated heterocycles. The molecular formula is C7H5N2O. The molecule has 1 aromatic carbocycles. The second-order valence-corrected chi connectivity index (χ2v) is 2.12. The Balaban J connectivity index is 2.86. The van der Waals surface area contributed by atoms with Gasteiger partial charge >= 0.3 is 0 Å². The lowest BCUT2D eigenvalue weighted by molar-refractivity contribution is 0.355. The van der Waals surface area contributed by atoms with Crippen LogP contribution in [0.15, 0.2) is 24.4 Å². The lowest BCUT2D eigenvalue weighted by Gasteiger charge is -1.85. The van der Waals surface area contributed by atoms with Crippen LogP contribution in [-0.2, 0) is 5.11 Å².